The Labute approximate surface area is 104 Å². The van der Waals surface area contributed by atoms with Crippen molar-refractivity contribution in [3.8, 4) is 0 Å². The highest BCUT2D eigenvalue weighted by molar-refractivity contribution is 7.08. The minimum atomic E-state index is -4.45. The highest BCUT2D eigenvalue weighted by Crippen LogP contribution is 2.28. The van der Waals surface area contributed by atoms with E-state index < -0.39 is 17.6 Å². The van der Waals surface area contributed by atoms with Crippen LogP contribution in [0, 0.1) is 0 Å². The van der Waals surface area contributed by atoms with Gasteiger partial charge in [0.1, 0.15) is 5.69 Å². The number of nitrogens with one attached hydrogen (secondary N) is 1. The lowest BCUT2D eigenvalue weighted by atomic mass is 10.2. The van der Waals surface area contributed by atoms with Crippen LogP contribution < -0.4 is 5.32 Å². The molecule has 1 N–H and O–H groups in total. The Morgan fingerprint density at radius 3 is 2.56 bits per heavy atom. The lowest BCUT2D eigenvalue weighted by molar-refractivity contribution is -0.137. The monoisotopic (exact) mass is 272 g/mol. The van der Waals surface area contributed by atoms with Crippen LogP contribution in [0.15, 0.2) is 35.2 Å². The largest absolute Gasteiger partial charge is 0.417 e. The molecule has 0 aliphatic heterocycles. The second-order valence-corrected chi connectivity index (χ2v) is 4.18. The fourth-order valence-electron chi connectivity index (χ4n) is 1.23. The van der Waals surface area contributed by atoms with Crippen molar-refractivity contribution in [2.75, 3.05) is 5.32 Å². The molecule has 2 aromatic rings. The number of aromatic nitrogens is 1. The van der Waals surface area contributed by atoms with Crippen LogP contribution in [0.25, 0.3) is 0 Å². The van der Waals surface area contributed by atoms with Crippen molar-refractivity contribution < 1.29 is 18.0 Å². The first-order chi connectivity index (χ1) is 8.47. The Morgan fingerprint density at radius 1 is 1.28 bits per heavy atom. The van der Waals surface area contributed by atoms with Gasteiger partial charge in [-0.1, -0.05) is 0 Å². The number of halogens is 3. The first-order valence-corrected chi connectivity index (χ1v) is 5.78. The van der Waals surface area contributed by atoms with Gasteiger partial charge in [0.25, 0.3) is 5.91 Å². The Morgan fingerprint density at radius 2 is 2.06 bits per heavy atom. The van der Waals surface area contributed by atoms with Crippen molar-refractivity contribution in [2.24, 2.45) is 0 Å². The van der Waals surface area contributed by atoms with E-state index in [2.05, 4.69) is 10.3 Å². The predicted molar refractivity (Wildman–Crippen MR) is 61.5 cm³/mol. The Kier molecular flexibility index (Phi) is 3.33. The van der Waals surface area contributed by atoms with E-state index in [-0.39, 0.29) is 5.69 Å². The van der Waals surface area contributed by atoms with Crippen LogP contribution in [-0.4, -0.2) is 10.9 Å². The molecular formula is C11H7F3N2OS. The van der Waals surface area contributed by atoms with E-state index >= 15 is 0 Å². The van der Waals surface area contributed by atoms with Crippen molar-refractivity contribution in [2.45, 2.75) is 6.18 Å². The van der Waals surface area contributed by atoms with E-state index in [4.69, 9.17) is 0 Å². The molecule has 2 aromatic heterocycles. The summed E-state index contributed by atoms with van der Waals surface area (Å²) in [4.78, 5) is 15.1. The van der Waals surface area contributed by atoms with Crippen LogP contribution in [0.5, 0.6) is 0 Å². The fourth-order valence-corrected chi connectivity index (χ4v) is 1.81. The molecule has 0 aromatic carbocycles. The number of carbonyl (C=O) groups excluding carboxylic acids is 1. The summed E-state index contributed by atoms with van der Waals surface area (Å²) in [6, 6.07) is 3.56. The first kappa shape index (κ1) is 12.6. The number of alkyl halides is 3. The predicted octanol–water partition coefficient (Wildman–Crippen LogP) is 3.41. The van der Waals surface area contributed by atoms with Crippen LogP contribution in [0.4, 0.5) is 18.9 Å². The second kappa shape index (κ2) is 4.77. The summed E-state index contributed by atoms with van der Waals surface area (Å²) >= 11 is 1.40. The van der Waals surface area contributed by atoms with Crippen LogP contribution >= 0.6 is 11.3 Å². The number of anilines is 1. The quantitative estimate of drug-likeness (QED) is 0.910. The Hall–Kier alpha value is -1.89. The van der Waals surface area contributed by atoms with Gasteiger partial charge in [-0.15, -0.1) is 0 Å². The summed E-state index contributed by atoms with van der Waals surface area (Å²) in [7, 11) is 0. The molecule has 1 amide bonds. The third-order valence-corrected chi connectivity index (χ3v) is 2.79. The standard InChI is InChI=1S/C11H7F3N2OS/c12-11(13,14)7-1-2-9(15-5-7)10(17)16-8-3-4-18-6-8/h1-6H,(H,16,17). The topological polar surface area (TPSA) is 42.0 Å². The van der Waals surface area contributed by atoms with Gasteiger partial charge in [0.15, 0.2) is 0 Å². The van der Waals surface area contributed by atoms with Crippen LogP contribution in [0.2, 0.25) is 0 Å². The number of rotatable bonds is 2. The average molecular weight is 272 g/mol. The maximum Gasteiger partial charge on any atom is 0.417 e. The van der Waals surface area contributed by atoms with Crippen molar-refractivity contribution in [3.05, 3.63) is 46.4 Å². The van der Waals surface area contributed by atoms with Gasteiger partial charge in [-0.2, -0.15) is 24.5 Å². The molecule has 0 saturated heterocycles. The SMILES string of the molecule is O=C(Nc1ccsc1)c1ccc(C(F)(F)F)cn1. The molecule has 2 heterocycles. The molecule has 0 saturated carbocycles. The van der Waals surface area contributed by atoms with Gasteiger partial charge >= 0.3 is 6.18 Å². The molecule has 0 atom stereocenters. The molecule has 0 aliphatic carbocycles. The van der Waals surface area contributed by atoms with Gasteiger partial charge in [-0.25, -0.2) is 0 Å². The van der Waals surface area contributed by atoms with Crippen molar-refractivity contribution >= 4 is 22.9 Å². The van der Waals surface area contributed by atoms with Crippen LogP contribution in [0.3, 0.4) is 0 Å². The van der Waals surface area contributed by atoms with Gasteiger partial charge in [-0.05, 0) is 23.6 Å². The van der Waals surface area contributed by atoms with E-state index in [9.17, 15) is 18.0 Å². The molecule has 18 heavy (non-hydrogen) atoms. The number of pyridine rings is 1. The molecule has 0 unspecified atom stereocenters. The highest BCUT2D eigenvalue weighted by Gasteiger charge is 2.30. The summed E-state index contributed by atoms with van der Waals surface area (Å²) in [6.45, 7) is 0. The third-order valence-electron chi connectivity index (χ3n) is 2.10. The van der Waals surface area contributed by atoms with E-state index in [0.717, 1.165) is 12.1 Å². The van der Waals surface area contributed by atoms with E-state index in [1.54, 1.807) is 16.8 Å². The molecular weight excluding hydrogens is 265 g/mol. The fraction of sp³-hybridized carbons (Fsp3) is 0.0909. The summed E-state index contributed by atoms with van der Waals surface area (Å²) in [5.74, 6) is -0.540. The minimum absolute atomic E-state index is 0.0609. The number of nitrogens with zero attached hydrogens (tertiary/aromatic N) is 1. The zero-order valence-corrected chi connectivity index (χ0v) is 9.68. The van der Waals surface area contributed by atoms with Gasteiger partial charge < -0.3 is 5.32 Å². The summed E-state index contributed by atoms with van der Waals surface area (Å²) in [6.07, 6.45) is -3.81. The lowest BCUT2D eigenvalue weighted by Crippen LogP contribution is -2.14. The molecule has 0 spiro atoms. The minimum Gasteiger partial charge on any atom is -0.320 e. The van der Waals surface area contributed by atoms with Gasteiger partial charge in [-0.3, -0.25) is 9.78 Å². The third kappa shape index (κ3) is 2.86. The molecule has 0 radical (unpaired) electrons. The molecule has 94 valence electrons. The van der Waals surface area contributed by atoms with Crippen LogP contribution in [0.1, 0.15) is 16.1 Å². The first-order valence-electron chi connectivity index (χ1n) is 4.83. The van der Waals surface area contributed by atoms with Crippen molar-refractivity contribution in [1.29, 1.82) is 0 Å². The van der Waals surface area contributed by atoms with Gasteiger partial charge in [0.05, 0.1) is 11.3 Å². The number of hydrogen-bond donors (Lipinski definition) is 1. The van der Waals surface area contributed by atoms with Gasteiger partial charge in [0, 0.05) is 11.6 Å². The van der Waals surface area contributed by atoms with Crippen LogP contribution in [-0.2, 0) is 6.18 Å². The molecule has 0 fully saturated rings. The number of carbonyl (C=O) groups is 1. The lowest BCUT2D eigenvalue weighted by Gasteiger charge is -2.06. The molecule has 0 bridgehead atoms. The Bertz CT molecular complexity index is 534. The highest BCUT2D eigenvalue weighted by atomic mass is 32.1. The number of thiophene rings is 1. The van der Waals surface area contributed by atoms with E-state index in [0.29, 0.717) is 11.9 Å². The second-order valence-electron chi connectivity index (χ2n) is 3.40. The average Bonchev–Trinajstić information content (AvgIpc) is 2.81. The molecule has 7 heteroatoms. The Balaban J connectivity index is 2.12. The van der Waals surface area contributed by atoms with Crippen molar-refractivity contribution in [1.82, 2.24) is 4.98 Å². The summed E-state index contributed by atoms with van der Waals surface area (Å²) in [5, 5.41) is 6.01. The number of hydrogen-bond acceptors (Lipinski definition) is 3. The summed E-state index contributed by atoms with van der Waals surface area (Å²) < 4.78 is 36.9. The maximum atomic E-state index is 12.3. The summed E-state index contributed by atoms with van der Waals surface area (Å²) in [5.41, 5.74) is -0.351. The zero-order chi connectivity index (χ0) is 13.2. The van der Waals surface area contributed by atoms with E-state index in [1.807, 2.05) is 0 Å². The smallest absolute Gasteiger partial charge is 0.320 e. The van der Waals surface area contributed by atoms with Gasteiger partial charge in [0.2, 0.25) is 0 Å². The molecule has 3 nitrogen and oxygen atoms in total. The molecule has 0 aliphatic rings. The number of amides is 1. The zero-order valence-electron chi connectivity index (χ0n) is 8.86. The maximum absolute atomic E-state index is 12.3. The molecule has 2 rings (SSSR count). The van der Waals surface area contributed by atoms with E-state index in [1.165, 1.54) is 11.3 Å². The normalized spacial score (nSPS) is 11.3. The van der Waals surface area contributed by atoms with Crippen molar-refractivity contribution in [3.63, 3.8) is 0 Å².